The molecule has 0 aromatic rings. The van der Waals surface area contributed by atoms with E-state index in [-0.39, 0.29) is 12.5 Å². The first kappa shape index (κ1) is 31.4. The molecular formula is C27H55NO4. The highest BCUT2D eigenvalue weighted by atomic mass is 16.3. The summed E-state index contributed by atoms with van der Waals surface area (Å²) in [6, 6.07) is -0.797. The fourth-order valence-corrected chi connectivity index (χ4v) is 4.22. The lowest BCUT2D eigenvalue weighted by Gasteiger charge is -2.26. The van der Waals surface area contributed by atoms with Crippen molar-refractivity contribution in [3.05, 3.63) is 0 Å². The van der Waals surface area contributed by atoms with Gasteiger partial charge in [-0.1, -0.05) is 123 Å². The molecule has 192 valence electrons. The Balaban J connectivity index is 3.81. The van der Waals surface area contributed by atoms with Gasteiger partial charge in [0, 0.05) is 6.42 Å². The van der Waals surface area contributed by atoms with E-state index in [9.17, 15) is 20.1 Å². The average Bonchev–Trinajstić information content (AvgIpc) is 2.79. The fraction of sp³-hybridized carbons (Fsp3) is 0.963. The van der Waals surface area contributed by atoms with Gasteiger partial charge in [-0.25, -0.2) is 0 Å². The zero-order chi connectivity index (χ0) is 23.9. The molecule has 0 saturated carbocycles. The van der Waals surface area contributed by atoms with Crippen molar-refractivity contribution in [2.24, 2.45) is 0 Å². The first-order chi connectivity index (χ1) is 15.6. The molecule has 0 aliphatic heterocycles. The van der Waals surface area contributed by atoms with Gasteiger partial charge in [-0.15, -0.1) is 0 Å². The van der Waals surface area contributed by atoms with Crippen molar-refractivity contribution in [3.8, 4) is 0 Å². The van der Waals surface area contributed by atoms with E-state index in [4.69, 9.17) is 0 Å². The van der Waals surface area contributed by atoms with Crippen molar-refractivity contribution in [1.29, 1.82) is 0 Å². The minimum absolute atomic E-state index is 0.152. The molecule has 0 heterocycles. The molecule has 0 saturated heterocycles. The lowest BCUT2D eigenvalue weighted by atomic mass is 9.99. The molecule has 5 heteroatoms. The third-order valence-corrected chi connectivity index (χ3v) is 6.46. The molecule has 3 unspecified atom stereocenters. The van der Waals surface area contributed by atoms with E-state index in [1.54, 1.807) is 0 Å². The number of carbonyl (C=O) groups excluding carboxylic acids is 1. The molecule has 0 radical (unpaired) electrons. The minimum Gasteiger partial charge on any atom is -0.394 e. The molecular weight excluding hydrogens is 402 g/mol. The predicted octanol–water partition coefficient (Wildman–Crippen LogP) is 6.03. The molecule has 0 aromatic carbocycles. The Morgan fingerprint density at radius 1 is 0.656 bits per heavy atom. The summed E-state index contributed by atoms with van der Waals surface area (Å²) in [5.74, 6) is -0.152. The number of carbonyl (C=O) groups is 1. The number of rotatable bonds is 24. The van der Waals surface area contributed by atoms with Gasteiger partial charge in [-0.05, 0) is 12.8 Å². The van der Waals surface area contributed by atoms with Crippen LogP contribution in [0.1, 0.15) is 142 Å². The Morgan fingerprint density at radius 2 is 1.06 bits per heavy atom. The second-order valence-corrected chi connectivity index (χ2v) is 9.61. The van der Waals surface area contributed by atoms with Gasteiger partial charge in [0.15, 0.2) is 0 Å². The lowest BCUT2D eigenvalue weighted by molar-refractivity contribution is -0.124. The van der Waals surface area contributed by atoms with Crippen molar-refractivity contribution in [2.75, 3.05) is 6.61 Å². The number of aliphatic hydroxyl groups is 3. The van der Waals surface area contributed by atoms with Crippen LogP contribution in [0.5, 0.6) is 0 Å². The van der Waals surface area contributed by atoms with Crippen LogP contribution < -0.4 is 5.32 Å². The molecule has 0 aliphatic carbocycles. The van der Waals surface area contributed by atoms with Crippen molar-refractivity contribution in [3.63, 3.8) is 0 Å². The summed E-state index contributed by atoms with van der Waals surface area (Å²) in [5, 5.41) is 32.9. The van der Waals surface area contributed by atoms with Gasteiger partial charge in [-0.2, -0.15) is 0 Å². The zero-order valence-corrected chi connectivity index (χ0v) is 21.3. The summed E-state index contributed by atoms with van der Waals surface area (Å²) in [7, 11) is 0. The molecule has 32 heavy (non-hydrogen) atoms. The van der Waals surface area contributed by atoms with Crippen molar-refractivity contribution in [2.45, 2.75) is 161 Å². The van der Waals surface area contributed by atoms with Gasteiger partial charge in [0.1, 0.15) is 6.10 Å². The Bertz CT molecular complexity index is 405. The maximum Gasteiger partial charge on any atom is 0.220 e. The van der Waals surface area contributed by atoms with Crippen LogP contribution in [0.15, 0.2) is 0 Å². The van der Waals surface area contributed by atoms with Crippen LogP contribution in [0, 0.1) is 0 Å². The van der Waals surface area contributed by atoms with E-state index in [2.05, 4.69) is 19.2 Å². The van der Waals surface area contributed by atoms with Gasteiger partial charge >= 0.3 is 0 Å². The highest BCUT2D eigenvalue weighted by Gasteiger charge is 2.26. The predicted molar refractivity (Wildman–Crippen MR) is 135 cm³/mol. The summed E-state index contributed by atoms with van der Waals surface area (Å²) in [4.78, 5) is 12.2. The lowest BCUT2D eigenvalue weighted by Crippen LogP contribution is -2.50. The van der Waals surface area contributed by atoms with Crippen LogP contribution in [0.3, 0.4) is 0 Å². The number of hydrogen-bond donors (Lipinski definition) is 4. The number of nitrogens with one attached hydrogen (secondary N) is 1. The molecule has 0 aromatic heterocycles. The van der Waals surface area contributed by atoms with E-state index in [1.807, 2.05) is 0 Å². The number of unbranched alkanes of at least 4 members (excludes halogenated alkanes) is 16. The van der Waals surface area contributed by atoms with Gasteiger partial charge in [-0.3, -0.25) is 4.79 Å². The Hall–Kier alpha value is -0.650. The highest BCUT2D eigenvalue weighted by molar-refractivity contribution is 5.76. The summed E-state index contributed by atoms with van der Waals surface area (Å²) in [6.07, 6.45) is 20.5. The van der Waals surface area contributed by atoms with E-state index in [0.29, 0.717) is 12.8 Å². The van der Waals surface area contributed by atoms with Gasteiger partial charge in [0.05, 0.1) is 18.8 Å². The van der Waals surface area contributed by atoms with E-state index in [0.717, 1.165) is 38.5 Å². The Labute approximate surface area is 198 Å². The van der Waals surface area contributed by atoms with Gasteiger partial charge in [0.2, 0.25) is 5.91 Å². The number of hydrogen-bond acceptors (Lipinski definition) is 4. The third kappa shape index (κ3) is 18.9. The summed E-state index contributed by atoms with van der Waals surface area (Å²) in [6.45, 7) is 4.09. The highest BCUT2D eigenvalue weighted by Crippen LogP contribution is 2.14. The van der Waals surface area contributed by atoms with Crippen LogP contribution in [0.4, 0.5) is 0 Å². The topological polar surface area (TPSA) is 89.8 Å². The quantitative estimate of drug-likeness (QED) is 0.133. The smallest absolute Gasteiger partial charge is 0.220 e. The summed E-state index contributed by atoms with van der Waals surface area (Å²) >= 11 is 0. The molecule has 0 fully saturated rings. The van der Waals surface area contributed by atoms with Crippen molar-refractivity contribution in [1.82, 2.24) is 5.32 Å². The largest absolute Gasteiger partial charge is 0.394 e. The molecule has 0 rings (SSSR count). The van der Waals surface area contributed by atoms with E-state index < -0.39 is 18.2 Å². The Kier molecular flexibility index (Phi) is 23.0. The molecule has 5 nitrogen and oxygen atoms in total. The maximum absolute atomic E-state index is 12.2. The maximum atomic E-state index is 12.2. The van der Waals surface area contributed by atoms with Gasteiger partial charge in [0.25, 0.3) is 0 Å². The molecule has 0 bridgehead atoms. The first-order valence-corrected chi connectivity index (χ1v) is 13.8. The van der Waals surface area contributed by atoms with Crippen LogP contribution in [-0.2, 0) is 4.79 Å². The SMILES string of the molecule is CCCCCCCCCCCC(=O)NC(CO)C(O)C(O)CCCCCCCCCCC. The first-order valence-electron chi connectivity index (χ1n) is 13.8. The monoisotopic (exact) mass is 457 g/mol. The van der Waals surface area contributed by atoms with Crippen LogP contribution >= 0.6 is 0 Å². The van der Waals surface area contributed by atoms with E-state index >= 15 is 0 Å². The molecule has 4 N–H and O–H groups in total. The average molecular weight is 458 g/mol. The van der Waals surface area contributed by atoms with Crippen LogP contribution in [0.2, 0.25) is 0 Å². The van der Waals surface area contributed by atoms with Crippen molar-refractivity contribution < 1.29 is 20.1 Å². The zero-order valence-electron chi connectivity index (χ0n) is 21.3. The van der Waals surface area contributed by atoms with Crippen LogP contribution in [-0.4, -0.2) is 46.1 Å². The van der Waals surface area contributed by atoms with Crippen molar-refractivity contribution >= 4 is 5.91 Å². The minimum atomic E-state index is -1.12. The third-order valence-electron chi connectivity index (χ3n) is 6.46. The summed E-state index contributed by atoms with van der Waals surface area (Å²) in [5.41, 5.74) is 0. The standard InChI is InChI=1S/C27H55NO4/c1-3-5-7-9-11-13-15-17-19-21-25(30)27(32)24(23-29)28-26(31)22-20-18-16-14-12-10-8-6-4-2/h24-25,27,29-30,32H,3-23H2,1-2H3,(H,28,31). The fourth-order valence-electron chi connectivity index (χ4n) is 4.22. The Morgan fingerprint density at radius 3 is 1.50 bits per heavy atom. The van der Waals surface area contributed by atoms with Gasteiger partial charge < -0.3 is 20.6 Å². The molecule has 0 spiro atoms. The number of aliphatic hydroxyl groups excluding tert-OH is 3. The molecule has 3 atom stereocenters. The second-order valence-electron chi connectivity index (χ2n) is 9.61. The van der Waals surface area contributed by atoms with E-state index in [1.165, 1.54) is 77.0 Å². The second kappa shape index (κ2) is 23.5. The normalized spacial score (nSPS) is 14.3. The number of amides is 1. The summed E-state index contributed by atoms with van der Waals surface area (Å²) < 4.78 is 0. The molecule has 1 amide bonds. The molecule has 0 aliphatic rings. The van der Waals surface area contributed by atoms with Crippen LogP contribution in [0.25, 0.3) is 0 Å².